The summed E-state index contributed by atoms with van der Waals surface area (Å²) in [6.07, 6.45) is -0.721. The Hall–Kier alpha value is -3.72. The number of nitrogens with one attached hydrogen (secondary N) is 2. The van der Waals surface area contributed by atoms with Crippen molar-refractivity contribution in [2.24, 2.45) is 5.41 Å². The molecule has 0 spiro atoms. The standard InChI is InChI=1S/C26H27N3O5S/c1-14-20(24(31)32)23(35-29-14)28-22(30)21(26(2,3)4)27-25(33)34-13-19-17-11-7-5-9-15(17)16-10-6-8-12-18(16)19/h5-12,19,21H,13H2,1-4H3,(H,27,33)(H,28,30)(H,31,32). The second kappa shape index (κ2) is 9.50. The van der Waals surface area contributed by atoms with E-state index in [1.807, 2.05) is 36.4 Å². The second-order valence-corrected chi connectivity index (χ2v) is 10.3. The highest BCUT2D eigenvalue weighted by Crippen LogP contribution is 2.44. The first-order chi connectivity index (χ1) is 16.6. The number of carbonyl (C=O) groups excluding carboxylic acids is 2. The topological polar surface area (TPSA) is 118 Å². The van der Waals surface area contributed by atoms with Crippen LogP contribution in [-0.4, -0.2) is 40.1 Å². The van der Waals surface area contributed by atoms with Gasteiger partial charge < -0.3 is 20.5 Å². The molecule has 1 atom stereocenters. The molecule has 0 radical (unpaired) electrons. The van der Waals surface area contributed by atoms with Crippen molar-refractivity contribution < 1.29 is 24.2 Å². The van der Waals surface area contributed by atoms with Crippen molar-refractivity contribution in [1.82, 2.24) is 9.69 Å². The fourth-order valence-corrected chi connectivity index (χ4v) is 5.12. The predicted molar refractivity (Wildman–Crippen MR) is 134 cm³/mol. The Morgan fingerprint density at radius 2 is 1.63 bits per heavy atom. The van der Waals surface area contributed by atoms with Crippen LogP contribution in [0.3, 0.4) is 0 Å². The third kappa shape index (κ3) is 4.90. The Labute approximate surface area is 207 Å². The Morgan fingerprint density at radius 3 is 2.17 bits per heavy atom. The largest absolute Gasteiger partial charge is 0.478 e. The van der Waals surface area contributed by atoms with Crippen molar-refractivity contribution in [3.63, 3.8) is 0 Å². The molecule has 182 valence electrons. The summed E-state index contributed by atoms with van der Waals surface area (Å²) in [6, 6.07) is 15.1. The number of hydrogen-bond donors (Lipinski definition) is 3. The molecule has 0 saturated carbocycles. The molecule has 0 bridgehead atoms. The number of aromatic carboxylic acids is 1. The fourth-order valence-electron chi connectivity index (χ4n) is 4.32. The van der Waals surface area contributed by atoms with E-state index in [9.17, 15) is 19.5 Å². The van der Waals surface area contributed by atoms with E-state index in [4.69, 9.17) is 4.74 Å². The summed E-state index contributed by atoms with van der Waals surface area (Å²) in [5.74, 6) is -1.83. The third-order valence-electron chi connectivity index (χ3n) is 6.05. The molecule has 3 N–H and O–H groups in total. The first kappa shape index (κ1) is 24.4. The fraction of sp³-hybridized carbons (Fsp3) is 0.308. The molecule has 0 saturated heterocycles. The predicted octanol–water partition coefficient (Wildman–Crippen LogP) is 5.04. The zero-order valence-electron chi connectivity index (χ0n) is 19.9. The van der Waals surface area contributed by atoms with Crippen molar-refractivity contribution in [2.45, 2.75) is 39.7 Å². The van der Waals surface area contributed by atoms with Gasteiger partial charge in [-0.3, -0.25) is 4.79 Å². The number of hydrogen-bond acceptors (Lipinski definition) is 6. The number of aromatic nitrogens is 1. The highest BCUT2D eigenvalue weighted by Gasteiger charge is 2.35. The van der Waals surface area contributed by atoms with E-state index in [2.05, 4.69) is 27.1 Å². The van der Waals surface area contributed by atoms with Gasteiger partial charge in [0.25, 0.3) is 0 Å². The highest BCUT2D eigenvalue weighted by atomic mass is 32.1. The Kier molecular flexibility index (Phi) is 6.62. The minimum absolute atomic E-state index is 0.0582. The molecule has 4 rings (SSSR count). The van der Waals surface area contributed by atoms with Crippen molar-refractivity contribution >= 4 is 34.5 Å². The van der Waals surface area contributed by atoms with E-state index < -0.39 is 29.4 Å². The number of nitrogens with zero attached hydrogens (tertiary/aromatic N) is 1. The Balaban J connectivity index is 1.47. The van der Waals surface area contributed by atoms with Gasteiger partial charge in [-0.25, -0.2) is 9.59 Å². The quantitative estimate of drug-likeness (QED) is 0.443. The van der Waals surface area contributed by atoms with Gasteiger partial charge in [0.2, 0.25) is 5.91 Å². The van der Waals surface area contributed by atoms with Crippen LogP contribution in [0.25, 0.3) is 11.1 Å². The molecule has 0 aliphatic heterocycles. The molecule has 9 heteroatoms. The average Bonchev–Trinajstić information content (AvgIpc) is 3.32. The zero-order valence-corrected chi connectivity index (χ0v) is 20.7. The summed E-state index contributed by atoms with van der Waals surface area (Å²) in [7, 11) is 0. The summed E-state index contributed by atoms with van der Waals surface area (Å²) >= 11 is 0.887. The van der Waals surface area contributed by atoms with E-state index in [-0.39, 0.29) is 23.1 Å². The van der Waals surface area contributed by atoms with Gasteiger partial charge in [-0.05, 0) is 46.1 Å². The molecule has 2 aromatic carbocycles. The van der Waals surface area contributed by atoms with E-state index in [0.29, 0.717) is 5.69 Å². The van der Waals surface area contributed by atoms with E-state index >= 15 is 0 Å². The molecule has 1 unspecified atom stereocenters. The average molecular weight is 494 g/mol. The molecular formula is C26H27N3O5S. The molecule has 3 aromatic rings. The van der Waals surface area contributed by atoms with Crippen LogP contribution in [0.1, 0.15) is 53.9 Å². The maximum atomic E-state index is 13.1. The van der Waals surface area contributed by atoms with Crippen LogP contribution >= 0.6 is 11.5 Å². The number of carboxylic acids is 1. The summed E-state index contributed by atoms with van der Waals surface area (Å²) in [4.78, 5) is 37.4. The molecule has 1 aromatic heterocycles. The lowest BCUT2D eigenvalue weighted by Crippen LogP contribution is -2.51. The maximum absolute atomic E-state index is 13.1. The number of fused-ring (bicyclic) bond motifs is 3. The molecule has 8 nitrogen and oxygen atoms in total. The molecule has 1 aliphatic rings. The molecule has 0 fully saturated rings. The highest BCUT2D eigenvalue weighted by molar-refractivity contribution is 7.11. The van der Waals surface area contributed by atoms with Gasteiger partial charge in [0.05, 0.1) is 5.69 Å². The SMILES string of the molecule is Cc1nsc(NC(=O)C(NC(=O)OCC2c3ccccc3-c3ccccc32)C(C)(C)C)c1C(=O)O. The number of ether oxygens (including phenoxy) is 1. The van der Waals surface area contributed by atoms with Gasteiger partial charge in [0, 0.05) is 5.92 Å². The van der Waals surface area contributed by atoms with Crippen LogP contribution in [0.5, 0.6) is 0 Å². The number of rotatable bonds is 6. The van der Waals surface area contributed by atoms with Crippen molar-refractivity contribution in [3.8, 4) is 11.1 Å². The minimum atomic E-state index is -1.18. The minimum Gasteiger partial charge on any atom is -0.478 e. The number of aryl methyl sites for hydroxylation is 1. The first-order valence-electron chi connectivity index (χ1n) is 11.2. The van der Waals surface area contributed by atoms with E-state index in [1.165, 1.54) is 0 Å². The number of carboxylic acid groups (broad SMARTS) is 1. The van der Waals surface area contributed by atoms with Crippen molar-refractivity contribution in [2.75, 3.05) is 11.9 Å². The molecule has 1 heterocycles. The number of carbonyl (C=O) groups is 3. The summed E-state index contributed by atoms with van der Waals surface area (Å²) < 4.78 is 9.62. The van der Waals surface area contributed by atoms with Crippen LogP contribution in [-0.2, 0) is 9.53 Å². The Bertz CT molecular complexity index is 1250. The van der Waals surface area contributed by atoms with Gasteiger partial charge in [-0.1, -0.05) is 69.3 Å². The number of benzene rings is 2. The van der Waals surface area contributed by atoms with Crippen LogP contribution in [0, 0.1) is 12.3 Å². The second-order valence-electron chi connectivity index (χ2n) is 9.54. The van der Waals surface area contributed by atoms with Crippen LogP contribution in [0.4, 0.5) is 9.80 Å². The number of amides is 2. The van der Waals surface area contributed by atoms with Crippen LogP contribution < -0.4 is 10.6 Å². The maximum Gasteiger partial charge on any atom is 0.407 e. The smallest absolute Gasteiger partial charge is 0.407 e. The normalized spacial score (nSPS) is 13.5. The van der Waals surface area contributed by atoms with E-state index in [1.54, 1.807) is 27.7 Å². The molecule has 1 aliphatic carbocycles. The summed E-state index contributed by atoms with van der Waals surface area (Å²) in [5.41, 5.74) is 4.02. The molecular weight excluding hydrogens is 466 g/mol. The zero-order chi connectivity index (χ0) is 25.3. The van der Waals surface area contributed by atoms with Crippen molar-refractivity contribution in [3.05, 3.63) is 70.9 Å². The lowest BCUT2D eigenvalue weighted by atomic mass is 9.86. The van der Waals surface area contributed by atoms with Gasteiger partial charge in [-0.15, -0.1) is 0 Å². The van der Waals surface area contributed by atoms with Gasteiger partial charge in [-0.2, -0.15) is 4.37 Å². The van der Waals surface area contributed by atoms with Gasteiger partial charge in [0.15, 0.2) is 0 Å². The third-order valence-corrected chi connectivity index (χ3v) is 6.90. The summed E-state index contributed by atoms with van der Waals surface area (Å²) in [6.45, 7) is 7.09. The number of alkyl carbamates (subject to hydrolysis) is 1. The van der Waals surface area contributed by atoms with Gasteiger partial charge in [0.1, 0.15) is 23.2 Å². The monoisotopic (exact) mass is 493 g/mol. The van der Waals surface area contributed by atoms with E-state index in [0.717, 1.165) is 33.8 Å². The lowest BCUT2D eigenvalue weighted by Gasteiger charge is -2.30. The molecule has 2 amide bonds. The van der Waals surface area contributed by atoms with Crippen molar-refractivity contribution in [1.29, 1.82) is 0 Å². The van der Waals surface area contributed by atoms with Crippen LogP contribution in [0.2, 0.25) is 0 Å². The Morgan fingerprint density at radius 1 is 1.06 bits per heavy atom. The van der Waals surface area contributed by atoms with Crippen LogP contribution in [0.15, 0.2) is 48.5 Å². The summed E-state index contributed by atoms with van der Waals surface area (Å²) in [5, 5.41) is 14.8. The van der Waals surface area contributed by atoms with Gasteiger partial charge >= 0.3 is 12.1 Å². The number of anilines is 1. The molecule has 35 heavy (non-hydrogen) atoms. The lowest BCUT2D eigenvalue weighted by molar-refractivity contribution is -0.120. The first-order valence-corrected chi connectivity index (χ1v) is 12.0.